The molecule has 1 rings (SSSR count). The summed E-state index contributed by atoms with van der Waals surface area (Å²) in [6.07, 6.45) is 1.27. The maximum atomic E-state index is 12.1. The first-order chi connectivity index (χ1) is 10.7. The second kappa shape index (κ2) is 9.14. The summed E-state index contributed by atoms with van der Waals surface area (Å²) in [6, 6.07) is 10.2. The molecule has 7 nitrogen and oxygen atoms in total. The van der Waals surface area contributed by atoms with Crippen LogP contribution in [-0.4, -0.2) is 47.3 Å². The van der Waals surface area contributed by atoms with Gasteiger partial charge in [0.2, 0.25) is 0 Å². The highest BCUT2D eigenvalue weighted by atomic mass is 16.3. The van der Waals surface area contributed by atoms with Gasteiger partial charge in [0.15, 0.2) is 0 Å². The number of hydrogen-bond acceptors (Lipinski definition) is 6. The number of benzene rings is 1. The van der Waals surface area contributed by atoms with E-state index in [0.717, 1.165) is 0 Å². The van der Waals surface area contributed by atoms with Gasteiger partial charge in [-0.3, -0.25) is 4.79 Å². The van der Waals surface area contributed by atoms with E-state index >= 15 is 0 Å². The van der Waals surface area contributed by atoms with Crippen LogP contribution in [0.5, 0.6) is 0 Å². The van der Waals surface area contributed by atoms with Gasteiger partial charge in [0.05, 0.1) is 24.5 Å². The highest BCUT2D eigenvalue weighted by molar-refractivity contribution is 6.07. The average Bonchev–Trinajstić information content (AvgIpc) is 2.53. The molecule has 1 amide bonds. The molecule has 0 aliphatic carbocycles. The van der Waals surface area contributed by atoms with Crippen LogP contribution in [0.3, 0.4) is 0 Å². The van der Waals surface area contributed by atoms with Gasteiger partial charge in [-0.2, -0.15) is 10.5 Å². The molecule has 0 unspecified atom stereocenters. The quantitative estimate of drug-likeness (QED) is 0.488. The van der Waals surface area contributed by atoms with Crippen molar-refractivity contribution in [2.24, 2.45) is 0 Å². The van der Waals surface area contributed by atoms with Crippen LogP contribution in [0.2, 0.25) is 0 Å². The standard InChI is InChI=1S/C15H16N4O3/c16-9-12-3-1-2-4-14(12)18-15(22)13(10-17)11-19(5-7-20)6-8-21/h1-4,11,20-21H,5-8H2,(H,18,22)/b13-11-. The van der Waals surface area contributed by atoms with E-state index in [2.05, 4.69) is 5.32 Å². The second-order valence-electron chi connectivity index (χ2n) is 4.25. The highest BCUT2D eigenvalue weighted by Crippen LogP contribution is 2.14. The Kier molecular flexibility index (Phi) is 7.14. The molecule has 0 bridgehead atoms. The Hall–Kier alpha value is -2.87. The first kappa shape index (κ1) is 17.2. The lowest BCUT2D eigenvalue weighted by Gasteiger charge is -2.18. The largest absolute Gasteiger partial charge is 0.395 e. The second-order valence-corrected chi connectivity index (χ2v) is 4.25. The van der Waals surface area contributed by atoms with Crippen LogP contribution in [0.4, 0.5) is 5.69 Å². The zero-order chi connectivity index (χ0) is 16.4. The van der Waals surface area contributed by atoms with E-state index in [4.69, 9.17) is 20.7 Å². The van der Waals surface area contributed by atoms with Crippen molar-refractivity contribution in [1.29, 1.82) is 10.5 Å². The number of hydrogen-bond donors (Lipinski definition) is 3. The lowest BCUT2D eigenvalue weighted by Crippen LogP contribution is -2.26. The molecule has 0 spiro atoms. The Labute approximate surface area is 128 Å². The third-order valence-electron chi connectivity index (χ3n) is 2.75. The predicted octanol–water partition coefficient (Wildman–Crippen LogP) is 0.191. The van der Waals surface area contributed by atoms with Crippen molar-refractivity contribution in [3.05, 3.63) is 41.6 Å². The van der Waals surface area contributed by atoms with Gasteiger partial charge in [-0.25, -0.2) is 0 Å². The summed E-state index contributed by atoms with van der Waals surface area (Å²) in [4.78, 5) is 13.6. The number of anilines is 1. The van der Waals surface area contributed by atoms with Crippen molar-refractivity contribution < 1.29 is 15.0 Å². The van der Waals surface area contributed by atoms with Gasteiger partial charge in [0.25, 0.3) is 5.91 Å². The van der Waals surface area contributed by atoms with Crippen molar-refractivity contribution in [2.75, 3.05) is 31.6 Å². The van der Waals surface area contributed by atoms with E-state index in [1.54, 1.807) is 30.3 Å². The molecule has 0 radical (unpaired) electrons. The summed E-state index contributed by atoms with van der Waals surface area (Å²) in [5.41, 5.74) is 0.414. The molecule has 3 N–H and O–H groups in total. The maximum Gasteiger partial charge on any atom is 0.267 e. The van der Waals surface area contributed by atoms with Crippen LogP contribution < -0.4 is 5.32 Å². The molecule has 114 valence electrons. The van der Waals surface area contributed by atoms with E-state index < -0.39 is 5.91 Å². The molecule has 22 heavy (non-hydrogen) atoms. The minimum absolute atomic E-state index is 0.173. The summed E-state index contributed by atoms with van der Waals surface area (Å²) in [5, 5.41) is 38.4. The van der Waals surface area contributed by atoms with Gasteiger partial charge < -0.3 is 20.4 Å². The van der Waals surface area contributed by atoms with E-state index in [1.165, 1.54) is 11.1 Å². The third kappa shape index (κ3) is 4.91. The van der Waals surface area contributed by atoms with E-state index in [9.17, 15) is 4.79 Å². The van der Waals surface area contributed by atoms with E-state index in [0.29, 0.717) is 5.69 Å². The first-order valence-electron chi connectivity index (χ1n) is 6.54. The van der Waals surface area contributed by atoms with Gasteiger partial charge in [0.1, 0.15) is 17.7 Å². The molecule has 0 aromatic heterocycles. The van der Waals surface area contributed by atoms with Gasteiger partial charge in [-0.15, -0.1) is 0 Å². The lowest BCUT2D eigenvalue weighted by atomic mass is 10.2. The number of rotatable bonds is 7. The zero-order valence-electron chi connectivity index (χ0n) is 11.9. The zero-order valence-corrected chi connectivity index (χ0v) is 11.9. The fourth-order valence-corrected chi connectivity index (χ4v) is 1.70. The smallest absolute Gasteiger partial charge is 0.267 e. The topological polar surface area (TPSA) is 120 Å². The number of amides is 1. The predicted molar refractivity (Wildman–Crippen MR) is 79.2 cm³/mol. The Morgan fingerprint density at radius 1 is 1.23 bits per heavy atom. The van der Waals surface area contributed by atoms with Crippen molar-refractivity contribution >= 4 is 11.6 Å². The molecule has 0 saturated carbocycles. The Balaban J connectivity index is 2.93. The molecular formula is C15H16N4O3. The third-order valence-corrected chi connectivity index (χ3v) is 2.75. The van der Waals surface area contributed by atoms with Crippen LogP contribution in [0.1, 0.15) is 5.56 Å². The van der Waals surface area contributed by atoms with Crippen LogP contribution in [0.25, 0.3) is 0 Å². The van der Waals surface area contributed by atoms with Gasteiger partial charge in [-0.1, -0.05) is 12.1 Å². The van der Waals surface area contributed by atoms with Crippen molar-refractivity contribution in [3.8, 4) is 12.1 Å². The number of carbonyl (C=O) groups excluding carboxylic acids is 1. The Morgan fingerprint density at radius 2 is 1.86 bits per heavy atom. The molecule has 0 atom stereocenters. The first-order valence-corrected chi connectivity index (χ1v) is 6.54. The lowest BCUT2D eigenvalue weighted by molar-refractivity contribution is -0.112. The fraction of sp³-hybridized carbons (Fsp3) is 0.267. The fourth-order valence-electron chi connectivity index (χ4n) is 1.70. The molecule has 0 saturated heterocycles. The van der Waals surface area contributed by atoms with Gasteiger partial charge >= 0.3 is 0 Å². The normalized spacial score (nSPS) is 10.5. The van der Waals surface area contributed by atoms with Crippen LogP contribution in [0.15, 0.2) is 36.0 Å². The molecule has 0 aliphatic heterocycles. The number of para-hydroxylation sites is 1. The van der Waals surface area contributed by atoms with Crippen molar-refractivity contribution in [1.82, 2.24) is 4.90 Å². The molecule has 1 aromatic rings. The summed E-state index contributed by atoms with van der Waals surface area (Å²) in [7, 11) is 0. The molecule has 0 aliphatic rings. The number of nitrogens with zero attached hydrogens (tertiary/aromatic N) is 3. The minimum atomic E-state index is -0.661. The van der Waals surface area contributed by atoms with E-state index in [-0.39, 0.29) is 37.4 Å². The molecule has 0 fully saturated rings. The summed E-state index contributed by atoms with van der Waals surface area (Å²) >= 11 is 0. The minimum Gasteiger partial charge on any atom is -0.395 e. The van der Waals surface area contributed by atoms with Crippen LogP contribution >= 0.6 is 0 Å². The monoisotopic (exact) mass is 300 g/mol. The number of nitriles is 2. The summed E-state index contributed by atoms with van der Waals surface area (Å²) < 4.78 is 0. The van der Waals surface area contributed by atoms with Crippen LogP contribution in [0, 0.1) is 22.7 Å². The molecular weight excluding hydrogens is 284 g/mol. The maximum absolute atomic E-state index is 12.1. The number of aliphatic hydroxyl groups is 2. The van der Waals surface area contributed by atoms with Crippen LogP contribution in [-0.2, 0) is 4.79 Å². The van der Waals surface area contributed by atoms with Crippen molar-refractivity contribution in [2.45, 2.75) is 0 Å². The average molecular weight is 300 g/mol. The summed E-state index contributed by atoms with van der Waals surface area (Å²) in [5.74, 6) is -0.661. The number of carbonyl (C=O) groups is 1. The SMILES string of the molecule is N#C/C(=C/N(CCO)CCO)C(=O)Nc1ccccc1C#N. The Morgan fingerprint density at radius 3 is 2.41 bits per heavy atom. The molecule has 1 aromatic carbocycles. The van der Waals surface area contributed by atoms with Gasteiger partial charge in [-0.05, 0) is 12.1 Å². The van der Waals surface area contributed by atoms with Gasteiger partial charge in [0, 0.05) is 19.3 Å². The molecule has 7 heteroatoms. The van der Waals surface area contributed by atoms with Crippen molar-refractivity contribution in [3.63, 3.8) is 0 Å². The highest BCUT2D eigenvalue weighted by Gasteiger charge is 2.13. The molecule has 0 heterocycles. The van der Waals surface area contributed by atoms with E-state index in [1.807, 2.05) is 6.07 Å². The summed E-state index contributed by atoms with van der Waals surface area (Å²) in [6.45, 7) is 0.0315. The Bertz CT molecular complexity index is 622. The number of aliphatic hydroxyl groups excluding tert-OH is 2. The number of nitrogens with one attached hydrogen (secondary N) is 1.